The van der Waals surface area contributed by atoms with E-state index in [9.17, 15) is 9.18 Å². The lowest BCUT2D eigenvalue weighted by Gasteiger charge is -2.10. The Labute approximate surface area is 141 Å². The molecule has 0 saturated carbocycles. The van der Waals surface area contributed by atoms with Gasteiger partial charge in [0, 0.05) is 5.56 Å². The van der Waals surface area contributed by atoms with Gasteiger partial charge in [0.2, 0.25) is 0 Å². The van der Waals surface area contributed by atoms with E-state index >= 15 is 0 Å². The summed E-state index contributed by atoms with van der Waals surface area (Å²) in [5.41, 5.74) is 0.597. The maximum absolute atomic E-state index is 12.6. The maximum Gasteiger partial charge on any atom is 0.442 e. The molecule has 0 amide bonds. The van der Waals surface area contributed by atoms with Crippen LogP contribution in [0.2, 0.25) is 0 Å². The van der Waals surface area contributed by atoms with Crippen molar-refractivity contribution in [3.05, 3.63) is 40.9 Å². The van der Waals surface area contributed by atoms with Gasteiger partial charge in [0.15, 0.2) is 17.3 Å². The summed E-state index contributed by atoms with van der Waals surface area (Å²) in [4.78, 5) is 16.1. The predicted octanol–water partition coefficient (Wildman–Crippen LogP) is 1.13. The van der Waals surface area contributed by atoms with Crippen LogP contribution in [-0.2, 0) is 13.1 Å². The second kappa shape index (κ2) is 7.16. The Bertz CT molecular complexity index is 917. The van der Waals surface area contributed by atoms with Crippen molar-refractivity contribution < 1.29 is 18.4 Å². The van der Waals surface area contributed by atoms with Crippen LogP contribution in [0.15, 0.2) is 33.8 Å². The van der Waals surface area contributed by atoms with Gasteiger partial charge >= 0.3 is 5.76 Å². The fourth-order valence-electron chi connectivity index (χ4n) is 2.41. The largest absolute Gasteiger partial charge is 0.493 e. The third kappa shape index (κ3) is 3.23. The van der Waals surface area contributed by atoms with Crippen molar-refractivity contribution in [1.82, 2.24) is 24.5 Å². The number of hydrogen-bond acceptors (Lipinski definition) is 7. The molecule has 9 nitrogen and oxygen atoms in total. The summed E-state index contributed by atoms with van der Waals surface area (Å²) in [6.45, 7) is -0.482. The fourth-order valence-corrected chi connectivity index (χ4v) is 2.41. The van der Waals surface area contributed by atoms with Crippen molar-refractivity contribution in [1.29, 1.82) is 0 Å². The van der Waals surface area contributed by atoms with Crippen molar-refractivity contribution in [3.8, 4) is 22.9 Å². The molecule has 0 saturated heterocycles. The van der Waals surface area contributed by atoms with Crippen LogP contribution in [0.1, 0.15) is 5.82 Å². The van der Waals surface area contributed by atoms with E-state index in [1.807, 2.05) is 0 Å². The van der Waals surface area contributed by atoms with Gasteiger partial charge in [-0.15, -0.1) is 0 Å². The number of methoxy groups -OCH3 is 2. The van der Waals surface area contributed by atoms with Crippen LogP contribution in [0.4, 0.5) is 4.39 Å². The van der Waals surface area contributed by atoms with Crippen LogP contribution >= 0.6 is 0 Å². The third-order valence-electron chi connectivity index (χ3n) is 3.62. The Morgan fingerprint density at radius 2 is 2.04 bits per heavy atom. The minimum atomic E-state index is -0.653. The highest BCUT2D eigenvalue weighted by Gasteiger charge is 2.17. The van der Waals surface area contributed by atoms with Gasteiger partial charge in [-0.1, -0.05) is 5.16 Å². The maximum atomic E-state index is 12.6. The van der Waals surface area contributed by atoms with E-state index in [0.29, 0.717) is 28.7 Å². The quantitative estimate of drug-likeness (QED) is 0.631. The minimum Gasteiger partial charge on any atom is -0.493 e. The number of rotatable bonds is 7. The number of nitrogens with zero attached hydrogens (tertiary/aromatic N) is 5. The molecule has 3 aromatic rings. The number of alkyl halides is 1. The summed E-state index contributed by atoms with van der Waals surface area (Å²) < 4.78 is 30.5. The molecule has 0 radical (unpaired) electrons. The second-order valence-electron chi connectivity index (χ2n) is 5.02. The molecule has 3 rings (SSSR count). The fraction of sp³-hybridized carbons (Fsp3) is 0.333. The van der Waals surface area contributed by atoms with Crippen LogP contribution in [0, 0.1) is 0 Å². The third-order valence-corrected chi connectivity index (χ3v) is 3.62. The average Bonchev–Trinajstić information content (AvgIpc) is 3.22. The first kappa shape index (κ1) is 16.7. The molecule has 0 aliphatic heterocycles. The lowest BCUT2D eigenvalue weighted by molar-refractivity contribution is 0.355. The highest BCUT2D eigenvalue weighted by atomic mass is 19.1. The average molecular weight is 349 g/mol. The summed E-state index contributed by atoms with van der Waals surface area (Å²) >= 11 is 0. The second-order valence-corrected chi connectivity index (χ2v) is 5.02. The standard InChI is InChI=1S/C15H16FN5O4/c1-23-11-4-3-10(7-12(11)24-2)14-19-25-15(22)20(14)8-13-17-9-18-21(13)6-5-16/h3-4,7,9H,5-6,8H2,1-2H3. The van der Waals surface area contributed by atoms with E-state index in [-0.39, 0.29) is 13.1 Å². The Morgan fingerprint density at radius 1 is 1.24 bits per heavy atom. The predicted molar refractivity (Wildman–Crippen MR) is 84.4 cm³/mol. The number of benzene rings is 1. The monoisotopic (exact) mass is 349 g/mol. The van der Waals surface area contributed by atoms with Gasteiger partial charge in [-0.3, -0.25) is 4.52 Å². The molecule has 0 N–H and O–H groups in total. The van der Waals surface area contributed by atoms with Gasteiger partial charge in [-0.2, -0.15) is 5.10 Å². The Morgan fingerprint density at radius 3 is 2.76 bits per heavy atom. The zero-order valence-electron chi connectivity index (χ0n) is 13.7. The van der Waals surface area contributed by atoms with Crippen LogP contribution in [0.3, 0.4) is 0 Å². The number of halogens is 1. The van der Waals surface area contributed by atoms with Crippen molar-refractivity contribution >= 4 is 0 Å². The van der Waals surface area contributed by atoms with Gasteiger partial charge in [-0.25, -0.2) is 23.4 Å². The lowest BCUT2D eigenvalue weighted by atomic mass is 10.2. The van der Waals surface area contributed by atoms with Crippen LogP contribution in [-0.4, -0.2) is 45.4 Å². The topological polar surface area (TPSA) is 97.2 Å². The summed E-state index contributed by atoms with van der Waals surface area (Å²) in [6.07, 6.45) is 1.31. The molecule has 0 aliphatic rings. The summed E-state index contributed by atoms with van der Waals surface area (Å²) in [5.74, 6) is 1.10. The molecule has 0 bridgehead atoms. The lowest BCUT2D eigenvalue weighted by Crippen LogP contribution is -2.20. The molecule has 0 fully saturated rings. The Kier molecular flexibility index (Phi) is 4.78. The number of aromatic nitrogens is 5. The van der Waals surface area contributed by atoms with E-state index in [1.165, 1.54) is 29.8 Å². The van der Waals surface area contributed by atoms with Crippen molar-refractivity contribution in [3.63, 3.8) is 0 Å². The van der Waals surface area contributed by atoms with Gasteiger partial charge < -0.3 is 9.47 Å². The molecule has 1 aromatic carbocycles. The first-order chi connectivity index (χ1) is 12.2. The molecule has 25 heavy (non-hydrogen) atoms. The normalized spacial score (nSPS) is 10.8. The molecule has 132 valence electrons. The van der Waals surface area contributed by atoms with Crippen molar-refractivity contribution in [2.45, 2.75) is 13.1 Å². The van der Waals surface area contributed by atoms with E-state index in [2.05, 4.69) is 15.2 Å². The highest BCUT2D eigenvalue weighted by molar-refractivity contribution is 5.61. The zero-order valence-corrected chi connectivity index (χ0v) is 13.7. The number of hydrogen-bond donors (Lipinski definition) is 0. The molecule has 2 heterocycles. The molecule has 0 atom stereocenters. The summed E-state index contributed by atoms with van der Waals surface area (Å²) in [5, 5.41) is 7.75. The molecular weight excluding hydrogens is 333 g/mol. The first-order valence-electron chi connectivity index (χ1n) is 7.39. The summed E-state index contributed by atoms with van der Waals surface area (Å²) in [6, 6.07) is 5.10. The van der Waals surface area contributed by atoms with E-state index < -0.39 is 12.4 Å². The zero-order chi connectivity index (χ0) is 17.8. The van der Waals surface area contributed by atoms with Gasteiger partial charge in [-0.05, 0) is 18.2 Å². The Balaban J connectivity index is 2.00. The van der Waals surface area contributed by atoms with Gasteiger partial charge in [0.05, 0.1) is 27.3 Å². The highest BCUT2D eigenvalue weighted by Crippen LogP contribution is 2.31. The SMILES string of the molecule is COc1ccc(-c2noc(=O)n2Cc2ncnn2CCF)cc1OC. The molecule has 10 heteroatoms. The summed E-state index contributed by atoms with van der Waals surface area (Å²) in [7, 11) is 3.04. The number of aryl methyl sites for hydroxylation is 1. The van der Waals surface area contributed by atoms with Crippen LogP contribution in [0.25, 0.3) is 11.4 Å². The molecular formula is C15H16FN5O4. The van der Waals surface area contributed by atoms with Crippen molar-refractivity contribution in [2.24, 2.45) is 0 Å². The van der Waals surface area contributed by atoms with Crippen LogP contribution in [0.5, 0.6) is 11.5 Å². The first-order valence-corrected chi connectivity index (χ1v) is 7.39. The van der Waals surface area contributed by atoms with Crippen LogP contribution < -0.4 is 15.2 Å². The van der Waals surface area contributed by atoms with E-state index in [1.54, 1.807) is 18.2 Å². The molecule has 0 spiro atoms. The van der Waals surface area contributed by atoms with Gasteiger partial charge in [0.25, 0.3) is 0 Å². The Hall–Kier alpha value is -3.17. The molecule has 0 unspecified atom stereocenters. The minimum absolute atomic E-state index is 0.0476. The van der Waals surface area contributed by atoms with Crippen molar-refractivity contribution in [2.75, 3.05) is 20.9 Å². The van der Waals surface area contributed by atoms with Gasteiger partial charge in [0.1, 0.15) is 18.8 Å². The smallest absolute Gasteiger partial charge is 0.442 e. The molecule has 0 aliphatic carbocycles. The molecule has 2 aromatic heterocycles. The number of ether oxygens (including phenoxy) is 2. The van der Waals surface area contributed by atoms with E-state index in [0.717, 1.165) is 0 Å². The van der Waals surface area contributed by atoms with E-state index in [4.69, 9.17) is 14.0 Å².